The summed E-state index contributed by atoms with van der Waals surface area (Å²) in [7, 11) is 0. The third-order valence-electron chi connectivity index (χ3n) is 3.99. The van der Waals surface area contributed by atoms with Crippen molar-refractivity contribution in [3.63, 3.8) is 0 Å². The van der Waals surface area contributed by atoms with E-state index in [-0.39, 0.29) is 24.1 Å². The van der Waals surface area contributed by atoms with Crippen molar-refractivity contribution in [2.45, 2.75) is 38.8 Å². The van der Waals surface area contributed by atoms with Crippen molar-refractivity contribution in [1.82, 2.24) is 24.9 Å². The number of likely N-dealkylation sites (tertiary alicyclic amines) is 1. The molecule has 1 amide bonds. The van der Waals surface area contributed by atoms with Crippen molar-refractivity contribution in [1.29, 1.82) is 0 Å². The molecule has 7 nitrogen and oxygen atoms in total. The Bertz CT molecular complexity index is 707. The quantitative estimate of drug-likeness (QED) is 0.917. The van der Waals surface area contributed by atoms with Gasteiger partial charge in [0.25, 0.3) is 5.56 Å². The van der Waals surface area contributed by atoms with Gasteiger partial charge in [0.05, 0.1) is 17.4 Å². The summed E-state index contributed by atoms with van der Waals surface area (Å²) in [5.74, 6) is -0.0838. The van der Waals surface area contributed by atoms with Crippen LogP contribution in [0, 0.1) is 6.92 Å². The highest BCUT2D eigenvalue weighted by atomic mass is 16.2. The molecule has 0 aromatic carbocycles. The van der Waals surface area contributed by atoms with Gasteiger partial charge in [-0.05, 0) is 38.3 Å². The van der Waals surface area contributed by atoms with E-state index < -0.39 is 0 Å². The van der Waals surface area contributed by atoms with E-state index in [0.717, 1.165) is 30.7 Å². The molecule has 0 radical (unpaired) electrons. The van der Waals surface area contributed by atoms with Gasteiger partial charge in [-0.25, -0.2) is 4.68 Å². The van der Waals surface area contributed by atoms with E-state index in [1.165, 1.54) is 10.7 Å². The molecule has 0 aliphatic carbocycles. The van der Waals surface area contributed by atoms with Crippen molar-refractivity contribution in [2.75, 3.05) is 6.54 Å². The Balaban J connectivity index is 1.80. The number of rotatable bonds is 3. The first-order valence-corrected chi connectivity index (χ1v) is 7.48. The zero-order chi connectivity index (χ0) is 15.5. The Morgan fingerprint density at radius 2 is 2.23 bits per heavy atom. The predicted octanol–water partition coefficient (Wildman–Crippen LogP) is 1.03. The fraction of sp³-hybridized carbons (Fsp3) is 0.467. The lowest BCUT2D eigenvalue weighted by Gasteiger charge is -2.35. The van der Waals surface area contributed by atoms with E-state index in [0.29, 0.717) is 6.54 Å². The maximum absolute atomic E-state index is 12.6. The second kappa shape index (κ2) is 6.13. The highest BCUT2D eigenvalue weighted by Crippen LogP contribution is 2.29. The predicted molar refractivity (Wildman–Crippen MR) is 80.1 cm³/mol. The maximum atomic E-state index is 12.6. The van der Waals surface area contributed by atoms with Gasteiger partial charge in [-0.3, -0.25) is 14.7 Å². The Labute approximate surface area is 128 Å². The molecule has 2 aromatic rings. The molecule has 0 saturated carbocycles. The van der Waals surface area contributed by atoms with E-state index >= 15 is 0 Å². The molecule has 3 rings (SSSR count). The van der Waals surface area contributed by atoms with Crippen molar-refractivity contribution >= 4 is 5.91 Å². The molecule has 2 aromatic heterocycles. The second-order valence-electron chi connectivity index (χ2n) is 5.58. The number of H-pyrrole nitrogens is 1. The SMILES string of the molecule is Cc1ccc(=O)n(CC(=O)N2CCCC[C@H]2c2ccn[nH]2)n1. The third kappa shape index (κ3) is 2.93. The molecular weight excluding hydrogens is 282 g/mol. The van der Waals surface area contributed by atoms with Gasteiger partial charge in [-0.15, -0.1) is 0 Å². The standard InChI is InChI=1S/C15H19N5O2/c1-11-5-6-14(21)20(18-11)10-15(22)19-9-3-2-4-13(19)12-7-8-16-17-12/h5-8,13H,2-4,9-10H2,1H3,(H,16,17)/t13-/m0/s1. The Kier molecular flexibility index (Phi) is 4.04. The number of carbonyl (C=O) groups excluding carboxylic acids is 1. The second-order valence-corrected chi connectivity index (χ2v) is 5.58. The van der Waals surface area contributed by atoms with Gasteiger partial charge in [-0.1, -0.05) is 0 Å². The normalized spacial score (nSPS) is 18.4. The summed E-state index contributed by atoms with van der Waals surface area (Å²) in [6.45, 7) is 2.48. The van der Waals surface area contributed by atoms with Crippen LogP contribution in [-0.4, -0.2) is 37.3 Å². The number of nitrogens with zero attached hydrogens (tertiary/aromatic N) is 4. The largest absolute Gasteiger partial charge is 0.333 e. The van der Waals surface area contributed by atoms with Crippen LogP contribution in [0.2, 0.25) is 0 Å². The van der Waals surface area contributed by atoms with Gasteiger partial charge in [0.15, 0.2) is 0 Å². The summed E-state index contributed by atoms with van der Waals surface area (Å²) < 4.78 is 1.23. The average Bonchev–Trinajstić information content (AvgIpc) is 3.05. The van der Waals surface area contributed by atoms with Crippen LogP contribution in [0.4, 0.5) is 0 Å². The van der Waals surface area contributed by atoms with Crippen LogP contribution >= 0.6 is 0 Å². The van der Waals surface area contributed by atoms with Gasteiger partial charge >= 0.3 is 0 Å². The summed E-state index contributed by atoms with van der Waals surface area (Å²) in [6, 6.07) is 4.99. The first-order valence-electron chi connectivity index (χ1n) is 7.48. The molecule has 22 heavy (non-hydrogen) atoms. The number of amides is 1. The molecule has 0 unspecified atom stereocenters. The van der Waals surface area contributed by atoms with Crippen LogP contribution in [0.3, 0.4) is 0 Å². The molecule has 1 aliphatic heterocycles. The molecule has 0 spiro atoms. The summed E-state index contributed by atoms with van der Waals surface area (Å²) in [5, 5.41) is 11.1. The first kappa shape index (κ1) is 14.5. The van der Waals surface area contributed by atoms with Gasteiger partial charge in [0, 0.05) is 18.8 Å². The summed E-state index contributed by atoms with van der Waals surface area (Å²) >= 11 is 0. The lowest BCUT2D eigenvalue weighted by atomic mass is 9.99. The minimum atomic E-state index is -0.256. The molecule has 1 saturated heterocycles. The minimum Gasteiger partial charge on any atom is -0.333 e. The Morgan fingerprint density at radius 3 is 3.00 bits per heavy atom. The Morgan fingerprint density at radius 1 is 1.36 bits per heavy atom. The number of aryl methyl sites for hydroxylation is 1. The van der Waals surface area contributed by atoms with E-state index in [1.54, 1.807) is 19.2 Å². The van der Waals surface area contributed by atoms with Crippen molar-refractivity contribution < 1.29 is 4.79 Å². The number of hydrogen-bond donors (Lipinski definition) is 1. The van der Waals surface area contributed by atoms with Gasteiger partial charge in [0.2, 0.25) is 5.91 Å². The van der Waals surface area contributed by atoms with Crippen molar-refractivity contribution in [3.8, 4) is 0 Å². The lowest BCUT2D eigenvalue weighted by Crippen LogP contribution is -2.42. The summed E-state index contributed by atoms with van der Waals surface area (Å²) in [4.78, 5) is 26.3. The molecule has 3 heterocycles. The molecule has 1 fully saturated rings. The number of hydrogen-bond acceptors (Lipinski definition) is 4. The summed E-state index contributed by atoms with van der Waals surface area (Å²) in [6.07, 6.45) is 4.66. The minimum absolute atomic E-state index is 0.00395. The van der Waals surface area contributed by atoms with Gasteiger partial charge < -0.3 is 4.90 Å². The number of aromatic nitrogens is 4. The Hall–Kier alpha value is -2.44. The molecule has 0 bridgehead atoms. The number of carbonyl (C=O) groups is 1. The topological polar surface area (TPSA) is 83.9 Å². The van der Waals surface area contributed by atoms with E-state index in [1.807, 2.05) is 11.0 Å². The van der Waals surface area contributed by atoms with E-state index in [4.69, 9.17) is 0 Å². The first-order chi connectivity index (χ1) is 10.6. The third-order valence-corrected chi connectivity index (χ3v) is 3.99. The van der Waals surface area contributed by atoms with E-state index in [2.05, 4.69) is 15.3 Å². The van der Waals surface area contributed by atoms with Crippen LogP contribution in [0.1, 0.15) is 36.7 Å². The highest BCUT2D eigenvalue weighted by molar-refractivity contribution is 5.76. The maximum Gasteiger partial charge on any atom is 0.267 e. The van der Waals surface area contributed by atoms with Crippen LogP contribution in [-0.2, 0) is 11.3 Å². The fourth-order valence-corrected chi connectivity index (χ4v) is 2.89. The van der Waals surface area contributed by atoms with Crippen LogP contribution in [0.5, 0.6) is 0 Å². The molecule has 1 atom stereocenters. The molecule has 1 N–H and O–H groups in total. The smallest absolute Gasteiger partial charge is 0.267 e. The zero-order valence-electron chi connectivity index (χ0n) is 12.5. The molecule has 1 aliphatic rings. The molecule has 116 valence electrons. The van der Waals surface area contributed by atoms with Crippen molar-refractivity contribution in [2.24, 2.45) is 0 Å². The molecular formula is C15H19N5O2. The molecule has 7 heteroatoms. The van der Waals surface area contributed by atoms with Crippen LogP contribution in [0.25, 0.3) is 0 Å². The summed E-state index contributed by atoms with van der Waals surface area (Å²) in [5.41, 5.74) is 1.41. The fourth-order valence-electron chi connectivity index (χ4n) is 2.89. The number of aromatic amines is 1. The van der Waals surface area contributed by atoms with Gasteiger partial charge in [0.1, 0.15) is 6.54 Å². The lowest BCUT2D eigenvalue weighted by molar-refractivity contribution is -0.136. The monoisotopic (exact) mass is 301 g/mol. The van der Waals surface area contributed by atoms with Crippen LogP contribution in [0.15, 0.2) is 29.2 Å². The van der Waals surface area contributed by atoms with Crippen molar-refractivity contribution in [3.05, 3.63) is 46.1 Å². The number of nitrogens with one attached hydrogen (secondary N) is 1. The van der Waals surface area contributed by atoms with E-state index in [9.17, 15) is 9.59 Å². The van der Waals surface area contributed by atoms with Gasteiger partial charge in [-0.2, -0.15) is 10.2 Å². The number of piperidine rings is 1. The highest BCUT2D eigenvalue weighted by Gasteiger charge is 2.29. The zero-order valence-corrected chi connectivity index (χ0v) is 12.5. The van der Waals surface area contributed by atoms with Crippen LogP contribution < -0.4 is 5.56 Å². The average molecular weight is 301 g/mol.